The van der Waals surface area contributed by atoms with Crippen molar-refractivity contribution in [2.75, 3.05) is 11.9 Å². The highest BCUT2D eigenvalue weighted by atomic mass is 35.5. The van der Waals surface area contributed by atoms with Crippen LogP contribution in [0, 0.1) is 5.41 Å². The number of imidazole rings is 1. The number of amides is 1. The largest absolute Gasteiger partial charge is 0.369 e. The van der Waals surface area contributed by atoms with Crippen LogP contribution in [-0.4, -0.2) is 32.4 Å². The normalized spacial score (nSPS) is 11.7. The molecule has 2 aromatic heterocycles. The second-order valence-corrected chi connectivity index (χ2v) is 4.88. The molecule has 0 atom stereocenters. The lowest BCUT2D eigenvalue weighted by Crippen LogP contribution is -2.37. The van der Waals surface area contributed by atoms with Crippen LogP contribution in [-0.2, 0) is 4.79 Å². The van der Waals surface area contributed by atoms with Gasteiger partial charge < -0.3 is 16.0 Å². The quantitative estimate of drug-likeness (QED) is 0.715. The van der Waals surface area contributed by atoms with Crippen molar-refractivity contribution >= 4 is 34.5 Å². The summed E-state index contributed by atoms with van der Waals surface area (Å²) in [6, 6.07) is 0. The van der Waals surface area contributed by atoms with Crippen LogP contribution >= 0.6 is 11.6 Å². The molecule has 0 radical (unpaired) electrons. The molecule has 0 aromatic carbocycles. The predicted molar refractivity (Wildman–Crippen MR) is 68.2 cm³/mol. The van der Waals surface area contributed by atoms with Crippen LogP contribution in [0.5, 0.6) is 0 Å². The molecule has 96 valence electrons. The van der Waals surface area contributed by atoms with Crippen molar-refractivity contribution < 1.29 is 4.79 Å². The molecular formula is C10H13ClN6O. The Balaban J connectivity index is 2.27. The molecule has 0 saturated heterocycles. The van der Waals surface area contributed by atoms with E-state index >= 15 is 0 Å². The number of halogens is 1. The van der Waals surface area contributed by atoms with E-state index in [0.717, 1.165) is 0 Å². The summed E-state index contributed by atoms with van der Waals surface area (Å²) < 4.78 is 0. The first-order valence-corrected chi connectivity index (χ1v) is 5.68. The SMILES string of the molecule is CC(C)(CNc1nc(Cl)nc2nc[nH]c12)C(N)=O. The minimum atomic E-state index is -0.691. The molecule has 0 spiro atoms. The lowest BCUT2D eigenvalue weighted by Gasteiger charge is -2.21. The van der Waals surface area contributed by atoms with Crippen LogP contribution in [0.25, 0.3) is 11.2 Å². The van der Waals surface area contributed by atoms with Crippen LogP contribution < -0.4 is 11.1 Å². The molecule has 0 fully saturated rings. The average molecular weight is 269 g/mol. The molecule has 0 bridgehead atoms. The van der Waals surface area contributed by atoms with Gasteiger partial charge in [-0.05, 0) is 25.4 Å². The van der Waals surface area contributed by atoms with Crippen molar-refractivity contribution in [2.45, 2.75) is 13.8 Å². The first kappa shape index (κ1) is 12.6. The number of anilines is 1. The number of nitrogens with two attached hydrogens (primary N) is 1. The molecule has 0 saturated carbocycles. The van der Waals surface area contributed by atoms with Crippen molar-refractivity contribution in [3.63, 3.8) is 0 Å². The fourth-order valence-corrected chi connectivity index (χ4v) is 1.49. The molecule has 1 amide bonds. The number of fused-ring (bicyclic) bond motifs is 1. The lowest BCUT2D eigenvalue weighted by molar-refractivity contribution is -0.125. The standard InChI is InChI=1S/C10H13ClN6O/c1-10(2,8(12)18)3-13-6-5-7(15-4-14-5)17-9(11)16-6/h4H,3H2,1-2H3,(H2,12,18)(H2,13,14,15,16,17). The van der Waals surface area contributed by atoms with Gasteiger partial charge >= 0.3 is 0 Å². The fraction of sp³-hybridized carbons (Fsp3) is 0.400. The third-order valence-corrected chi connectivity index (χ3v) is 2.79. The van der Waals surface area contributed by atoms with E-state index in [1.165, 1.54) is 6.33 Å². The van der Waals surface area contributed by atoms with Gasteiger partial charge in [0, 0.05) is 6.54 Å². The van der Waals surface area contributed by atoms with Crippen molar-refractivity contribution in [2.24, 2.45) is 11.1 Å². The number of H-pyrrole nitrogens is 1. The van der Waals surface area contributed by atoms with E-state index in [1.807, 2.05) is 0 Å². The lowest BCUT2D eigenvalue weighted by atomic mass is 9.93. The number of primary amides is 1. The Hall–Kier alpha value is -1.89. The van der Waals surface area contributed by atoms with Gasteiger partial charge in [0.1, 0.15) is 5.52 Å². The second-order valence-electron chi connectivity index (χ2n) is 4.54. The highest BCUT2D eigenvalue weighted by molar-refractivity contribution is 6.28. The van der Waals surface area contributed by atoms with Crippen LogP contribution in [0.15, 0.2) is 6.33 Å². The summed E-state index contributed by atoms with van der Waals surface area (Å²) in [4.78, 5) is 26.1. The monoisotopic (exact) mass is 268 g/mol. The molecule has 2 heterocycles. The Morgan fingerprint density at radius 2 is 2.28 bits per heavy atom. The van der Waals surface area contributed by atoms with E-state index in [2.05, 4.69) is 25.3 Å². The second kappa shape index (κ2) is 4.41. The van der Waals surface area contributed by atoms with E-state index in [0.29, 0.717) is 23.5 Å². The van der Waals surface area contributed by atoms with Gasteiger partial charge in [-0.15, -0.1) is 0 Å². The van der Waals surface area contributed by atoms with Crippen LogP contribution in [0.1, 0.15) is 13.8 Å². The van der Waals surface area contributed by atoms with Gasteiger partial charge in [0.25, 0.3) is 0 Å². The zero-order valence-corrected chi connectivity index (χ0v) is 10.7. The molecular weight excluding hydrogens is 256 g/mol. The maximum Gasteiger partial charge on any atom is 0.226 e. The van der Waals surface area contributed by atoms with E-state index in [-0.39, 0.29) is 5.28 Å². The number of carbonyl (C=O) groups excluding carboxylic acids is 1. The van der Waals surface area contributed by atoms with Gasteiger partial charge in [-0.2, -0.15) is 9.97 Å². The van der Waals surface area contributed by atoms with Gasteiger partial charge in [-0.25, -0.2) is 4.98 Å². The number of hydrogen-bond donors (Lipinski definition) is 3. The zero-order chi connectivity index (χ0) is 13.3. The van der Waals surface area contributed by atoms with Gasteiger partial charge in [0.2, 0.25) is 11.2 Å². The Bertz CT molecular complexity index is 593. The summed E-state index contributed by atoms with van der Waals surface area (Å²) in [6.45, 7) is 3.83. The molecule has 2 rings (SSSR count). The number of rotatable bonds is 4. The Labute approximate surface area is 108 Å². The average Bonchev–Trinajstić information content (AvgIpc) is 2.73. The summed E-state index contributed by atoms with van der Waals surface area (Å²) in [5, 5.41) is 3.12. The number of aromatic amines is 1. The van der Waals surface area contributed by atoms with Gasteiger partial charge in [-0.1, -0.05) is 0 Å². The molecule has 2 aromatic rings. The highest BCUT2D eigenvalue weighted by Crippen LogP contribution is 2.21. The van der Waals surface area contributed by atoms with Gasteiger partial charge in [0.15, 0.2) is 11.5 Å². The molecule has 4 N–H and O–H groups in total. The molecule has 0 unspecified atom stereocenters. The summed E-state index contributed by atoms with van der Waals surface area (Å²) in [6.07, 6.45) is 1.50. The van der Waals surface area contributed by atoms with E-state index in [9.17, 15) is 4.79 Å². The number of aromatic nitrogens is 4. The maximum absolute atomic E-state index is 11.2. The third kappa shape index (κ3) is 2.35. The topological polar surface area (TPSA) is 110 Å². The first-order chi connectivity index (χ1) is 8.40. The summed E-state index contributed by atoms with van der Waals surface area (Å²) in [7, 11) is 0. The van der Waals surface area contributed by atoms with Crippen LogP contribution in [0.3, 0.4) is 0 Å². The van der Waals surface area contributed by atoms with Gasteiger partial charge in [-0.3, -0.25) is 4.79 Å². The Morgan fingerprint density at radius 1 is 1.56 bits per heavy atom. The smallest absolute Gasteiger partial charge is 0.226 e. The molecule has 0 aliphatic heterocycles. The number of hydrogen-bond acceptors (Lipinski definition) is 5. The Morgan fingerprint density at radius 3 is 2.94 bits per heavy atom. The minimum absolute atomic E-state index is 0.0916. The van der Waals surface area contributed by atoms with E-state index in [4.69, 9.17) is 17.3 Å². The van der Waals surface area contributed by atoms with Crippen LogP contribution in [0.2, 0.25) is 5.28 Å². The van der Waals surface area contributed by atoms with Crippen LogP contribution in [0.4, 0.5) is 5.82 Å². The first-order valence-electron chi connectivity index (χ1n) is 5.30. The van der Waals surface area contributed by atoms with Crippen molar-refractivity contribution in [1.82, 2.24) is 19.9 Å². The molecule has 18 heavy (non-hydrogen) atoms. The predicted octanol–water partition coefficient (Wildman–Crippen LogP) is 0.930. The fourth-order valence-electron chi connectivity index (χ4n) is 1.33. The van der Waals surface area contributed by atoms with Crippen molar-refractivity contribution in [1.29, 1.82) is 0 Å². The molecule has 0 aliphatic rings. The number of nitrogens with one attached hydrogen (secondary N) is 2. The maximum atomic E-state index is 11.2. The molecule has 7 nitrogen and oxygen atoms in total. The highest BCUT2D eigenvalue weighted by Gasteiger charge is 2.25. The number of nitrogens with zero attached hydrogens (tertiary/aromatic N) is 3. The third-order valence-electron chi connectivity index (χ3n) is 2.62. The number of carbonyl (C=O) groups is 1. The minimum Gasteiger partial charge on any atom is -0.369 e. The summed E-state index contributed by atoms with van der Waals surface area (Å²) in [5.41, 5.74) is 5.71. The van der Waals surface area contributed by atoms with E-state index in [1.54, 1.807) is 13.8 Å². The van der Waals surface area contributed by atoms with E-state index < -0.39 is 11.3 Å². The van der Waals surface area contributed by atoms with Crippen molar-refractivity contribution in [3.8, 4) is 0 Å². The van der Waals surface area contributed by atoms with Crippen molar-refractivity contribution in [3.05, 3.63) is 11.6 Å². The molecule has 8 heteroatoms. The zero-order valence-electron chi connectivity index (χ0n) is 9.99. The van der Waals surface area contributed by atoms with Gasteiger partial charge in [0.05, 0.1) is 11.7 Å². The Kier molecular flexibility index (Phi) is 3.08. The molecule has 0 aliphatic carbocycles. The summed E-state index contributed by atoms with van der Waals surface area (Å²) >= 11 is 5.79. The summed E-state index contributed by atoms with van der Waals surface area (Å²) in [5.74, 6) is 0.104.